The quantitative estimate of drug-likeness (QED) is 0.602. The van der Waals surface area contributed by atoms with Crippen LogP contribution in [0.3, 0.4) is 0 Å². The van der Waals surface area contributed by atoms with Crippen molar-refractivity contribution in [1.29, 1.82) is 0 Å². The van der Waals surface area contributed by atoms with Crippen LogP contribution in [0.4, 0.5) is 11.6 Å². The van der Waals surface area contributed by atoms with E-state index in [-0.39, 0.29) is 0 Å². The monoisotopic (exact) mass is 235 g/mol. The number of hydrogen-bond acceptors (Lipinski definition) is 5. The lowest BCUT2D eigenvalue weighted by molar-refractivity contribution is 0.747. The fraction of sp³-hybridized carbons (Fsp3) is 0.667. The third kappa shape index (κ3) is 2.66. The van der Waals surface area contributed by atoms with Crippen LogP contribution in [0.15, 0.2) is 6.07 Å². The van der Waals surface area contributed by atoms with Gasteiger partial charge < -0.3 is 10.3 Å². The Morgan fingerprint density at radius 1 is 1.47 bits per heavy atom. The van der Waals surface area contributed by atoms with Crippen LogP contribution in [0.2, 0.25) is 0 Å². The van der Waals surface area contributed by atoms with Crippen molar-refractivity contribution in [3.8, 4) is 0 Å². The molecule has 94 valence electrons. The summed E-state index contributed by atoms with van der Waals surface area (Å²) < 4.78 is 0. The van der Waals surface area contributed by atoms with E-state index in [1.165, 1.54) is 12.8 Å². The van der Waals surface area contributed by atoms with Gasteiger partial charge in [0.2, 0.25) is 0 Å². The van der Waals surface area contributed by atoms with Gasteiger partial charge in [-0.05, 0) is 19.8 Å². The lowest BCUT2D eigenvalue weighted by Crippen LogP contribution is -2.27. The first-order valence-corrected chi connectivity index (χ1v) is 6.28. The smallest absolute Gasteiger partial charge is 0.145 e. The molecule has 0 radical (unpaired) electrons. The molecule has 0 amide bonds. The highest BCUT2D eigenvalue weighted by molar-refractivity contribution is 5.50. The van der Waals surface area contributed by atoms with Crippen LogP contribution in [-0.2, 0) is 0 Å². The molecule has 1 aromatic rings. The van der Waals surface area contributed by atoms with E-state index in [0.717, 1.165) is 18.2 Å². The van der Waals surface area contributed by atoms with Gasteiger partial charge >= 0.3 is 0 Å². The maximum Gasteiger partial charge on any atom is 0.145 e. The molecule has 0 aliphatic heterocycles. The zero-order valence-corrected chi connectivity index (χ0v) is 10.8. The number of hydrazine groups is 1. The number of nitrogen functional groups attached to an aromatic ring is 1. The highest BCUT2D eigenvalue weighted by Gasteiger charge is 2.29. The molecule has 3 N–H and O–H groups in total. The largest absolute Gasteiger partial charge is 0.354 e. The third-order valence-corrected chi connectivity index (χ3v) is 3.02. The molecule has 1 fully saturated rings. The Morgan fingerprint density at radius 2 is 2.18 bits per heavy atom. The standard InChI is InChI=1S/C12H21N5/c1-4-17(9-5-6-9)11-7-10(16-13)14-12(15-11)8(2)3/h7-9H,4-6,13H2,1-3H3,(H,14,15,16). The summed E-state index contributed by atoms with van der Waals surface area (Å²) in [5, 5.41) is 0. The topological polar surface area (TPSA) is 67.1 Å². The van der Waals surface area contributed by atoms with Crippen molar-refractivity contribution < 1.29 is 0 Å². The summed E-state index contributed by atoms with van der Waals surface area (Å²) >= 11 is 0. The molecule has 0 aromatic carbocycles. The number of anilines is 2. The van der Waals surface area contributed by atoms with Gasteiger partial charge in [0.1, 0.15) is 17.5 Å². The maximum atomic E-state index is 5.46. The van der Waals surface area contributed by atoms with Gasteiger partial charge in [-0.3, -0.25) is 0 Å². The van der Waals surface area contributed by atoms with Crippen molar-refractivity contribution in [2.45, 2.75) is 45.6 Å². The van der Waals surface area contributed by atoms with Gasteiger partial charge in [-0.2, -0.15) is 0 Å². The highest BCUT2D eigenvalue weighted by atomic mass is 15.3. The zero-order chi connectivity index (χ0) is 12.4. The van der Waals surface area contributed by atoms with Crippen LogP contribution in [0.1, 0.15) is 45.4 Å². The van der Waals surface area contributed by atoms with E-state index in [2.05, 4.69) is 41.1 Å². The molecule has 0 bridgehead atoms. The molecule has 5 heteroatoms. The van der Waals surface area contributed by atoms with Crippen LogP contribution in [0.25, 0.3) is 0 Å². The molecule has 0 saturated heterocycles. The molecule has 5 nitrogen and oxygen atoms in total. The molecule has 0 spiro atoms. The molecule has 0 atom stereocenters. The van der Waals surface area contributed by atoms with Crippen molar-refractivity contribution >= 4 is 11.6 Å². The minimum Gasteiger partial charge on any atom is -0.354 e. The van der Waals surface area contributed by atoms with Crippen LogP contribution in [0.5, 0.6) is 0 Å². The van der Waals surface area contributed by atoms with Gasteiger partial charge in [0.15, 0.2) is 0 Å². The van der Waals surface area contributed by atoms with Crippen LogP contribution in [0, 0.1) is 0 Å². The average molecular weight is 235 g/mol. The highest BCUT2D eigenvalue weighted by Crippen LogP contribution is 2.31. The second-order valence-electron chi connectivity index (χ2n) is 4.79. The number of aromatic nitrogens is 2. The number of rotatable bonds is 5. The van der Waals surface area contributed by atoms with Crippen molar-refractivity contribution in [3.05, 3.63) is 11.9 Å². The molecule has 17 heavy (non-hydrogen) atoms. The second kappa shape index (κ2) is 4.87. The van der Waals surface area contributed by atoms with E-state index >= 15 is 0 Å². The van der Waals surface area contributed by atoms with E-state index in [1.54, 1.807) is 0 Å². The van der Waals surface area contributed by atoms with Crippen molar-refractivity contribution in [2.24, 2.45) is 5.84 Å². The lowest BCUT2D eigenvalue weighted by Gasteiger charge is -2.23. The average Bonchev–Trinajstić information content (AvgIpc) is 3.14. The zero-order valence-electron chi connectivity index (χ0n) is 10.8. The number of nitrogens with zero attached hydrogens (tertiary/aromatic N) is 3. The molecule has 0 unspecified atom stereocenters. The van der Waals surface area contributed by atoms with Crippen LogP contribution < -0.4 is 16.2 Å². The van der Waals surface area contributed by atoms with Crippen LogP contribution >= 0.6 is 0 Å². The Kier molecular flexibility index (Phi) is 3.47. The summed E-state index contributed by atoms with van der Waals surface area (Å²) in [4.78, 5) is 11.3. The van der Waals surface area contributed by atoms with E-state index in [1.807, 2.05) is 6.07 Å². The Morgan fingerprint density at radius 3 is 2.65 bits per heavy atom. The van der Waals surface area contributed by atoms with E-state index in [9.17, 15) is 0 Å². The minimum atomic E-state index is 0.306. The molecule has 2 rings (SSSR count). The molecule has 1 heterocycles. The fourth-order valence-corrected chi connectivity index (χ4v) is 1.93. The molecule has 1 aliphatic carbocycles. The Hall–Kier alpha value is -1.36. The van der Waals surface area contributed by atoms with E-state index in [4.69, 9.17) is 5.84 Å². The molecule has 1 aliphatic rings. The lowest BCUT2D eigenvalue weighted by atomic mass is 10.2. The molecule has 1 saturated carbocycles. The van der Waals surface area contributed by atoms with Gasteiger partial charge in [-0.15, -0.1) is 0 Å². The maximum absolute atomic E-state index is 5.46. The van der Waals surface area contributed by atoms with Gasteiger partial charge in [0.25, 0.3) is 0 Å². The summed E-state index contributed by atoms with van der Waals surface area (Å²) in [6, 6.07) is 2.58. The van der Waals surface area contributed by atoms with Crippen LogP contribution in [-0.4, -0.2) is 22.6 Å². The molecular weight excluding hydrogens is 214 g/mol. The molecule has 1 aromatic heterocycles. The number of hydrogen-bond donors (Lipinski definition) is 2. The minimum absolute atomic E-state index is 0.306. The Labute approximate surface area is 102 Å². The van der Waals surface area contributed by atoms with Crippen molar-refractivity contribution in [3.63, 3.8) is 0 Å². The van der Waals surface area contributed by atoms with Gasteiger partial charge in [-0.1, -0.05) is 13.8 Å². The predicted octanol–water partition coefficient (Wildman–Crippen LogP) is 1.87. The summed E-state index contributed by atoms with van der Waals surface area (Å²) in [6.45, 7) is 7.31. The normalized spacial score (nSPS) is 15.1. The summed E-state index contributed by atoms with van der Waals surface area (Å²) in [5.74, 6) is 8.29. The predicted molar refractivity (Wildman–Crippen MR) is 70.0 cm³/mol. The first-order chi connectivity index (χ1) is 8.15. The van der Waals surface area contributed by atoms with Crippen molar-refractivity contribution in [2.75, 3.05) is 16.9 Å². The first-order valence-electron chi connectivity index (χ1n) is 6.28. The summed E-state index contributed by atoms with van der Waals surface area (Å²) in [6.07, 6.45) is 2.53. The Bertz CT molecular complexity index is 386. The van der Waals surface area contributed by atoms with Crippen molar-refractivity contribution in [1.82, 2.24) is 9.97 Å². The van der Waals surface area contributed by atoms with Gasteiger partial charge in [0, 0.05) is 24.6 Å². The molecular formula is C12H21N5. The first kappa shape index (κ1) is 12.1. The SMILES string of the molecule is CCN(c1cc(NN)nc(C(C)C)n1)C1CC1. The third-order valence-electron chi connectivity index (χ3n) is 3.02. The second-order valence-corrected chi connectivity index (χ2v) is 4.79. The summed E-state index contributed by atoms with van der Waals surface area (Å²) in [5.41, 5.74) is 2.62. The van der Waals surface area contributed by atoms with Gasteiger partial charge in [0.05, 0.1) is 0 Å². The number of nitrogens with one attached hydrogen (secondary N) is 1. The summed E-state index contributed by atoms with van der Waals surface area (Å²) in [7, 11) is 0. The van der Waals surface area contributed by atoms with E-state index < -0.39 is 0 Å². The number of nitrogens with two attached hydrogens (primary N) is 1. The fourth-order valence-electron chi connectivity index (χ4n) is 1.93. The van der Waals surface area contributed by atoms with Gasteiger partial charge in [-0.25, -0.2) is 15.8 Å². The Balaban J connectivity index is 2.34. The van der Waals surface area contributed by atoms with E-state index in [0.29, 0.717) is 17.8 Å².